The third kappa shape index (κ3) is 5.90. The van der Waals surface area contributed by atoms with Gasteiger partial charge < -0.3 is 20.9 Å². The number of nitrogens with zero attached hydrogens (tertiary/aromatic N) is 2. The highest BCUT2D eigenvalue weighted by molar-refractivity contribution is 14.0. The van der Waals surface area contributed by atoms with E-state index in [2.05, 4.69) is 25.9 Å². The minimum Gasteiger partial charge on any atom is -0.361 e. The SMILES string of the molecule is CCNC(=NCCCN1C(=O)NC(C)(CC)C1=O)NCCc1c[nH]c2cc(F)ccc12.I. The van der Waals surface area contributed by atoms with Crippen molar-refractivity contribution in [3.05, 3.63) is 35.8 Å². The van der Waals surface area contributed by atoms with Gasteiger partial charge >= 0.3 is 6.03 Å². The summed E-state index contributed by atoms with van der Waals surface area (Å²) in [5.74, 6) is 0.254. The zero-order valence-corrected chi connectivity index (χ0v) is 21.1. The second kappa shape index (κ2) is 11.5. The summed E-state index contributed by atoms with van der Waals surface area (Å²) >= 11 is 0. The number of rotatable bonds is 9. The predicted molar refractivity (Wildman–Crippen MR) is 135 cm³/mol. The summed E-state index contributed by atoms with van der Waals surface area (Å²) in [6.07, 6.45) is 3.81. The van der Waals surface area contributed by atoms with Crippen LogP contribution in [0.4, 0.5) is 9.18 Å². The van der Waals surface area contributed by atoms with E-state index in [0.29, 0.717) is 38.4 Å². The summed E-state index contributed by atoms with van der Waals surface area (Å²) in [4.78, 5) is 33.4. The van der Waals surface area contributed by atoms with Gasteiger partial charge in [0.05, 0.1) is 0 Å². The smallest absolute Gasteiger partial charge is 0.325 e. The Morgan fingerprint density at radius 3 is 2.72 bits per heavy atom. The first-order chi connectivity index (χ1) is 14.9. The minimum absolute atomic E-state index is 0. The van der Waals surface area contributed by atoms with E-state index in [9.17, 15) is 14.0 Å². The van der Waals surface area contributed by atoms with E-state index >= 15 is 0 Å². The van der Waals surface area contributed by atoms with Crippen LogP contribution in [-0.2, 0) is 11.2 Å². The fraction of sp³-hybridized carbons (Fsp3) is 0.500. The van der Waals surface area contributed by atoms with Crippen molar-refractivity contribution in [1.82, 2.24) is 25.8 Å². The molecule has 1 fully saturated rings. The minimum atomic E-state index is -0.801. The zero-order valence-electron chi connectivity index (χ0n) is 18.8. The van der Waals surface area contributed by atoms with Crippen LogP contribution in [0.25, 0.3) is 10.9 Å². The number of aliphatic imine (C=N–C) groups is 1. The molecule has 1 aliphatic heterocycles. The molecule has 8 nitrogen and oxygen atoms in total. The number of hydrogen-bond acceptors (Lipinski definition) is 3. The summed E-state index contributed by atoms with van der Waals surface area (Å²) < 4.78 is 13.3. The number of H-pyrrole nitrogens is 1. The van der Waals surface area contributed by atoms with Crippen molar-refractivity contribution in [2.24, 2.45) is 4.99 Å². The van der Waals surface area contributed by atoms with Crippen molar-refractivity contribution in [3.63, 3.8) is 0 Å². The number of carbonyl (C=O) groups is 2. The summed E-state index contributed by atoms with van der Waals surface area (Å²) in [5.41, 5.74) is 1.09. The maximum absolute atomic E-state index is 13.3. The number of fused-ring (bicyclic) bond motifs is 1. The molecular weight excluding hydrogens is 526 g/mol. The molecule has 10 heteroatoms. The standard InChI is InChI=1S/C22H31FN6O2.HI/c1-4-22(3)19(30)29(21(31)28-22)12-6-10-25-20(24-5-2)26-11-9-15-14-27-18-13-16(23)7-8-17(15)18;/h7-8,13-14,27H,4-6,9-12H2,1-3H3,(H,28,31)(H2,24,25,26);1H. The summed E-state index contributed by atoms with van der Waals surface area (Å²) in [6.45, 7) is 7.84. The van der Waals surface area contributed by atoms with Crippen LogP contribution in [0.2, 0.25) is 0 Å². The lowest BCUT2D eigenvalue weighted by Gasteiger charge is -2.19. The highest BCUT2D eigenvalue weighted by Gasteiger charge is 2.45. The average molecular weight is 558 g/mol. The number of guanidine groups is 1. The van der Waals surface area contributed by atoms with E-state index in [1.54, 1.807) is 13.0 Å². The molecule has 0 spiro atoms. The summed E-state index contributed by atoms with van der Waals surface area (Å²) in [7, 11) is 0. The molecule has 0 aliphatic carbocycles. The Kier molecular flexibility index (Phi) is 9.29. The number of aromatic amines is 1. The van der Waals surface area contributed by atoms with Crippen LogP contribution in [-0.4, -0.2) is 59.5 Å². The van der Waals surface area contributed by atoms with Crippen LogP contribution in [0.1, 0.15) is 39.2 Å². The number of aromatic nitrogens is 1. The third-order valence-electron chi connectivity index (χ3n) is 5.62. The van der Waals surface area contributed by atoms with E-state index in [0.717, 1.165) is 29.4 Å². The van der Waals surface area contributed by atoms with Gasteiger partial charge in [0.1, 0.15) is 11.4 Å². The second-order valence-corrected chi connectivity index (χ2v) is 7.87. The van der Waals surface area contributed by atoms with Crippen LogP contribution < -0.4 is 16.0 Å². The lowest BCUT2D eigenvalue weighted by Crippen LogP contribution is -2.43. The van der Waals surface area contributed by atoms with E-state index in [1.807, 2.05) is 20.0 Å². The normalized spacial score (nSPS) is 18.6. The van der Waals surface area contributed by atoms with Crippen LogP contribution in [0.5, 0.6) is 0 Å². The molecule has 3 rings (SSSR count). The van der Waals surface area contributed by atoms with Crippen LogP contribution >= 0.6 is 24.0 Å². The first kappa shape index (κ1) is 25.9. The predicted octanol–water partition coefficient (Wildman–Crippen LogP) is 3.13. The fourth-order valence-electron chi connectivity index (χ4n) is 3.63. The number of carbonyl (C=O) groups excluding carboxylic acids is 2. The van der Waals surface area contributed by atoms with Gasteiger partial charge in [-0.3, -0.25) is 14.7 Å². The van der Waals surface area contributed by atoms with Crippen LogP contribution in [0.3, 0.4) is 0 Å². The lowest BCUT2D eigenvalue weighted by molar-refractivity contribution is -0.130. The maximum Gasteiger partial charge on any atom is 0.325 e. The molecule has 3 amide bonds. The van der Waals surface area contributed by atoms with Gasteiger partial charge in [-0.05, 0) is 56.9 Å². The van der Waals surface area contributed by atoms with Crippen molar-refractivity contribution in [2.45, 2.75) is 45.6 Å². The summed E-state index contributed by atoms with van der Waals surface area (Å²) in [6, 6.07) is 4.41. The number of urea groups is 1. The number of hydrogen-bond donors (Lipinski definition) is 4. The van der Waals surface area contributed by atoms with Gasteiger partial charge in [-0.2, -0.15) is 0 Å². The molecule has 0 saturated carbocycles. The van der Waals surface area contributed by atoms with Gasteiger partial charge in [-0.15, -0.1) is 24.0 Å². The molecule has 1 aromatic heterocycles. The zero-order chi connectivity index (χ0) is 22.4. The number of benzene rings is 1. The number of imide groups is 1. The Bertz CT molecular complexity index is 978. The van der Waals surface area contributed by atoms with Gasteiger partial charge in [-0.25, -0.2) is 9.18 Å². The van der Waals surface area contributed by atoms with E-state index in [4.69, 9.17) is 0 Å². The molecule has 2 aromatic rings. The maximum atomic E-state index is 13.3. The monoisotopic (exact) mass is 558 g/mol. The van der Waals surface area contributed by atoms with Gasteiger partial charge in [0.2, 0.25) is 0 Å². The summed E-state index contributed by atoms with van der Waals surface area (Å²) in [5, 5.41) is 10.3. The van der Waals surface area contributed by atoms with Gasteiger partial charge in [0, 0.05) is 43.3 Å². The average Bonchev–Trinajstić information content (AvgIpc) is 3.23. The van der Waals surface area contributed by atoms with Crippen molar-refractivity contribution in [3.8, 4) is 0 Å². The molecule has 2 heterocycles. The van der Waals surface area contributed by atoms with Crippen LogP contribution in [0.15, 0.2) is 29.4 Å². The Labute approximate surface area is 204 Å². The molecule has 176 valence electrons. The van der Waals surface area contributed by atoms with Crippen LogP contribution in [0, 0.1) is 5.82 Å². The molecule has 1 atom stereocenters. The van der Waals surface area contributed by atoms with Gasteiger partial charge in [0.25, 0.3) is 5.91 Å². The topological polar surface area (TPSA) is 102 Å². The molecule has 4 N–H and O–H groups in total. The molecule has 1 aromatic carbocycles. The molecule has 32 heavy (non-hydrogen) atoms. The quantitative estimate of drug-likeness (QED) is 0.125. The molecule has 1 unspecified atom stereocenters. The first-order valence-electron chi connectivity index (χ1n) is 10.8. The van der Waals surface area contributed by atoms with E-state index in [1.165, 1.54) is 17.0 Å². The highest BCUT2D eigenvalue weighted by Crippen LogP contribution is 2.21. The van der Waals surface area contributed by atoms with Crippen molar-refractivity contribution < 1.29 is 14.0 Å². The largest absolute Gasteiger partial charge is 0.361 e. The van der Waals surface area contributed by atoms with E-state index in [-0.39, 0.29) is 41.7 Å². The van der Waals surface area contributed by atoms with Crippen molar-refractivity contribution >= 4 is 52.8 Å². The fourth-order valence-corrected chi connectivity index (χ4v) is 3.63. The Morgan fingerprint density at radius 2 is 2.03 bits per heavy atom. The molecule has 0 radical (unpaired) electrons. The molecule has 1 saturated heterocycles. The van der Waals surface area contributed by atoms with Gasteiger partial charge in [-0.1, -0.05) is 6.92 Å². The Morgan fingerprint density at radius 1 is 1.25 bits per heavy atom. The Balaban J connectivity index is 0.00000363. The van der Waals surface area contributed by atoms with Crippen molar-refractivity contribution in [2.75, 3.05) is 26.2 Å². The number of halogens is 2. The number of nitrogens with one attached hydrogen (secondary N) is 4. The Hall–Kier alpha value is -2.37. The number of amides is 3. The molecular formula is C22H32FIN6O2. The third-order valence-corrected chi connectivity index (χ3v) is 5.62. The highest BCUT2D eigenvalue weighted by atomic mass is 127. The van der Waals surface area contributed by atoms with Gasteiger partial charge in [0.15, 0.2) is 5.96 Å². The van der Waals surface area contributed by atoms with Crippen molar-refractivity contribution in [1.29, 1.82) is 0 Å². The van der Waals surface area contributed by atoms with E-state index < -0.39 is 5.54 Å². The second-order valence-electron chi connectivity index (χ2n) is 7.87. The molecule has 1 aliphatic rings. The lowest BCUT2D eigenvalue weighted by atomic mass is 9.99. The molecule has 0 bridgehead atoms. The first-order valence-corrected chi connectivity index (χ1v) is 10.8.